The van der Waals surface area contributed by atoms with E-state index in [1.54, 1.807) is 55.6 Å². The van der Waals surface area contributed by atoms with E-state index < -0.39 is 28.5 Å². The number of ether oxygens (including phenoxy) is 2. The number of carbonyl (C=O) groups is 2. The summed E-state index contributed by atoms with van der Waals surface area (Å²) in [4.78, 5) is 29.4. The molecular formula is C37H43N3O6S. The molecule has 2 amide bonds. The van der Waals surface area contributed by atoms with Gasteiger partial charge in [0, 0.05) is 12.6 Å². The molecule has 248 valence electrons. The number of aryl methyl sites for hydroxylation is 1. The Kier molecular flexibility index (Phi) is 12.0. The number of para-hydroxylation sites is 1. The molecule has 0 aliphatic rings. The minimum absolute atomic E-state index is 0.0430. The average Bonchev–Trinajstić information content (AvgIpc) is 3.08. The molecule has 0 aromatic heterocycles. The number of nitrogens with one attached hydrogen (secondary N) is 1. The molecule has 4 aromatic rings. The predicted molar refractivity (Wildman–Crippen MR) is 184 cm³/mol. The Balaban J connectivity index is 1.73. The zero-order valence-corrected chi connectivity index (χ0v) is 28.4. The summed E-state index contributed by atoms with van der Waals surface area (Å²) in [5.41, 5.74) is 1.91. The molecule has 2 atom stereocenters. The molecule has 0 aliphatic carbocycles. The molecule has 9 nitrogen and oxygen atoms in total. The molecule has 0 aliphatic heterocycles. The lowest BCUT2D eigenvalue weighted by Crippen LogP contribution is -2.53. The largest absolute Gasteiger partial charge is 0.497 e. The first-order valence-corrected chi connectivity index (χ1v) is 17.1. The standard InChI is InChI=1S/C37H43N3O6S/c1-6-28(4)38-37(42)35(7-2)39(25-29-12-11-15-33(24-29)45-5)36(41)26-40(47(43,44)34-22-16-27(3)17-23-34)30-18-20-32(21-19-30)46-31-13-9-8-10-14-31/h8-24,28,35H,6-7,25-26H2,1-5H3,(H,38,42)/t28-,35+/m0/s1. The molecule has 4 rings (SSSR count). The van der Waals surface area contributed by atoms with E-state index in [4.69, 9.17) is 9.47 Å². The van der Waals surface area contributed by atoms with E-state index in [9.17, 15) is 18.0 Å². The van der Waals surface area contributed by atoms with Gasteiger partial charge >= 0.3 is 0 Å². The molecule has 0 radical (unpaired) electrons. The monoisotopic (exact) mass is 657 g/mol. The van der Waals surface area contributed by atoms with Gasteiger partial charge in [0.05, 0.1) is 17.7 Å². The maximum atomic E-state index is 14.4. The Labute approximate surface area is 278 Å². The number of hydrogen-bond acceptors (Lipinski definition) is 6. The van der Waals surface area contributed by atoms with Crippen molar-refractivity contribution >= 4 is 27.5 Å². The summed E-state index contributed by atoms with van der Waals surface area (Å²) in [5, 5.41) is 2.99. The lowest BCUT2D eigenvalue weighted by molar-refractivity contribution is -0.140. The smallest absolute Gasteiger partial charge is 0.264 e. The van der Waals surface area contributed by atoms with Crippen molar-refractivity contribution in [2.45, 2.75) is 64.1 Å². The van der Waals surface area contributed by atoms with E-state index in [1.807, 2.05) is 70.2 Å². The number of benzene rings is 4. The highest BCUT2D eigenvalue weighted by atomic mass is 32.2. The van der Waals surface area contributed by atoms with Gasteiger partial charge in [0.15, 0.2) is 0 Å². The van der Waals surface area contributed by atoms with E-state index in [1.165, 1.54) is 17.0 Å². The van der Waals surface area contributed by atoms with Crippen LogP contribution in [0.15, 0.2) is 108 Å². The minimum Gasteiger partial charge on any atom is -0.497 e. The van der Waals surface area contributed by atoms with Gasteiger partial charge in [-0.15, -0.1) is 0 Å². The maximum Gasteiger partial charge on any atom is 0.264 e. The molecule has 0 bridgehead atoms. The molecule has 0 saturated heterocycles. The van der Waals surface area contributed by atoms with Crippen LogP contribution < -0.4 is 19.1 Å². The van der Waals surface area contributed by atoms with E-state index in [-0.39, 0.29) is 29.1 Å². The van der Waals surface area contributed by atoms with Gasteiger partial charge in [-0.3, -0.25) is 13.9 Å². The Hall–Kier alpha value is -4.83. The van der Waals surface area contributed by atoms with Crippen molar-refractivity contribution in [3.05, 3.63) is 114 Å². The zero-order valence-electron chi connectivity index (χ0n) is 27.6. The van der Waals surface area contributed by atoms with Gasteiger partial charge in [-0.25, -0.2) is 8.42 Å². The van der Waals surface area contributed by atoms with E-state index >= 15 is 0 Å². The van der Waals surface area contributed by atoms with Gasteiger partial charge in [-0.1, -0.05) is 61.9 Å². The third kappa shape index (κ3) is 9.13. The highest BCUT2D eigenvalue weighted by molar-refractivity contribution is 7.92. The first kappa shape index (κ1) is 35.0. The van der Waals surface area contributed by atoms with Crippen molar-refractivity contribution in [2.24, 2.45) is 0 Å². The van der Waals surface area contributed by atoms with Crippen LogP contribution in [0, 0.1) is 6.92 Å². The summed E-state index contributed by atoms with van der Waals surface area (Å²) in [6.45, 7) is 7.11. The van der Waals surface area contributed by atoms with Gasteiger partial charge in [0.2, 0.25) is 11.8 Å². The summed E-state index contributed by atoms with van der Waals surface area (Å²) in [6.07, 6.45) is 1.05. The van der Waals surface area contributed by atoms with Crippen molar-refractivity contribution in [1.29, 1.82) is 0 Å². The average molecular weight is 658 g/mol. The fourth-order valence-electron chi connectivity index (χ4n) is 5.00. The summed E-state index contributed by atoms with van der Waals surface area (Å²) in [7, 11) is -2.65. The second kappa shape index (κ2) is 16.1. The van der Waals surface area contributed by atoms with E-state index in [2.05, 4.69) is 5.32 Å². The molecule has 1 N–H and O–H groups in total. The molecule has 0 spiro atoms. The minimum atomic E-state index is -4.21. The molecular weight excluding hydrogens is 614 g/mol. The van der Waals surface area contributed by atoms with Crippen LogP contribution in [0.4, 0.5) is 5.69 Å². The van der Waals surface area contributed by atoms with Crippen LogP contribution in [0.3, 0.4) is 0 Å². The Morgan fingerprint density at radius 3 is 2.06 bits per heavy atom. The summed E-state index contributed by atoms with van der Waals surface area (Å²) >= 11 is 0. The number of amides is 2. The molecule has 47 heavy (non-hydrogen) atoms. The lowest BCUT2D eigenvalue weighted by Gasteiger charge is -2.33. The third-order valence-electron chi connectivity index (χ3n) is 7.87. The topological polar surface area (TPSA) is 105 Å². The Morgan fingerprint density at radius 2 is 1.45 bits per heavy atom. The molecule has 4 aromatic carbocycles. The normalized spacial score (nSPS) is 12.4. The Bertz CT molecular complexity index is 1730. The number of methoxy groups -OCH3 is 1. The van der Waals surface area contributed by atoms with Gasteiger partial charge in [0.1, 0.15) is 29.8 Å². The zero-order chi connectivity index (χ0) is 34.0. The second-order valence-electron chi connectivity index (χ2n) is 11.3. The quantitative estimate of drug-likeness (QED) is 0.152. The van der Waals surface area contributed by atoms with Crippen LogP contribution in [0.1, 0.15) is 44.7 Å². The molecule has 0 heterocycles. The molecule has 0 unspecified atom stereocenters. The number of nitrogens with zero attached hydrogens (tertiary/aromatic N) is 2. The highest BCUT2D eigenvalue weighted by Crippen LogP contribution is 2.29. The highest BCUT2D eigenvalue weighted by Gasteiger charge is 2.34. The van der Waals surface area contributed by atoms with Crippen LogP contribution in [0.25, 0.3) is 0 Å². The SMILES string of the molecule is CC[C@H](C(=O)N[C@@H](C)CC)N(Cc1cccc(OC)c1)C(=O)CN(c1ccc(Oc2ccccc2)cc1)S(=O)(=O)c1ccc(C)cc1. The summed E-state index contributed by atoms with van der Waals surface area (Å²) in [5.74, 6) is 0.918. The fourth-order valence-corrected chi connectivity index (χ4v) is 6.41. The van der Waals surface area contributed by atoms with Crippen LogP contribution in [-0.2, 0) is 26.2 Å². The van der Waals surface area contributed by atoms with Crippen LogP contribution in [0.2, 0.25) is 0 Å². The summed E-state index contributed by atoms with van der Waals surface area (Å²) in [6, 6.07) is 28.6. The van der Waals surface area contributed by atoms with Crippen molar-refractivity contribution in [2.75, 3.05) is 18.0 Å². The van der Waals surface area contributed by atoms with Crippen LogP contribution in [-0.4, -0.2) is 50.9 Å². The van der Waals surface area contributed by atoms with Crippen molar-refractivity contribution in [1.82, 2.24) is 10.2 Å². The van der Waals surface area contributed by atoms with Crippen molar-refractivity contribution in [3.8, 4) is 17.2 Å². The molecule has 0 fully saturated rings. The number of anilines is 1. The Morgan fingerprint density at radius 1 is 0.809 bits per heavy atom. The maximum absolute atomic E-state index is 14.4. The van der Waals surface area contributed by atoms with E-state index in [0.717, 1.165) is 21.9 Å². The first-order chi connectivity index (χ1) is 22.5. The van der Waals surface area contributed by atoms with Crippen molar-refractivity contribution < 1.29 is 27.5 Å². The predicted octanol–water partition coefficient (Wildman–Crippen LogP) is 6.71. The van der Waals surface area contributed by atoms with Gasteiger partial charge in [-0.05, 0) is 92.9 Å². The van der Waals surface area contributed by atoms with Gasteiger partial charge in [0.25, 0.3) is 10.0 Å². The lowest BCUT2D eigenvalue weighted by atomic mass is 10.1. The molecule has 0 saturated carbocycles. The fraction of sp³-hybridized carbons (Fsp3) is 0.297. The number of sulfonamides is 1. The number of hydrogen-bond donors (Lipinski definition) is 1. The van der Waals surface area contributed by atoms with Gasteiger partial charge < -0.3 is 19.7 Å². The van der Waals surface area contributed by atoms with Crippen LogP contribution >= 0.6 is 0 Å². The summed E-state index contributed by atoms with van der Waals surface area (Å²) < 4.78 is 40.8. The third-order valence-corrected chi connectivity index (χ3v) is 9.65. The second-order valence-corrected chi connectivity index (χ2v) is 13.2. The van der Waals surface area contributed by atoms with Crippen LogP contribution in [0.5, 0.6) is 17.2 Å². The first-order valence-electron chi connectivity index (χ1n) is 15.7. The van der Waals surface area contributed by atoms with Gasteiger partial charge in [-0.2, -0.15) is 0 Å². The molecule has 10 heteroatoms. The van der Waals surface area contributed by atoms with E-state index in [0.29, 0.717) is 23.7 Å². The number of carbonyl (C=O) groups excluding carboxylic acids is 2. The number of rotatable bonds is 15. The van der Waals surface area contributed by atoms with Crippen molar-refractivity contribution in [3.63, 3.8) is 0 Å².